The van der Waals surface area contributed by atoms with Crippen LogP contribution in [0.2, 0.25) is 18.1 Å². The van der Waals surface area contributed by atoms with Crippen LogP contribution in [0, 0.1) is 0 Å². The highest BCUT2D eigenvalue weighted by Crippen LogP contribution is 2.49. The van der Waals surface area contributed by atoms with E-state index in [4.69, 9.17) is 55.4 Å². The average molecular weight is 391 g/mol. The van der Waals surface area contributed by atoms with E-state index in [1.807, 2.05) is 0 Å². The fourth-order valence-corrected chi connectivity index (χ4v) is 52.0. The zero-order valence-corrected chi connectivity index (χ0v) is 17.4. The molecule has 0 aromatic heterocycles. The highest BCUT2D eigenvalue weighted by Gasteiger charge is 2.65. The second-order valence-electron chi connectivity index (χ2n) is 4.51. The molecule has 104 valence electrons. The first-order valence-corrected chi connectivity index (χ1v) is 19.8. The maximum Gasteiger partial charge on any atom is 0.340 e. The van der Waals surface area contributed by atoms with Crippen molar-refractivity contribution in [2.24, 2.45) is 0 Å². The molecule has 0 aromatic carbocycles. The number of rotatable bonds is 8. The molecule has 1 atom stereocenters. The van der Waals surface area contributed by atoms with Crippen molar-refractivity contribution in [1.82, 2.24) is 0 Å². The normalized spacial score (nSPS) is 16.9. The van der Waals surface area contributed by atoms with Crippen molar-refractivity contribution >= 4 is 74.2 Å². The molecule has 0 N–H and O–H groups in total. The van der Waals surface area contributed by atoms with E-state index >= 15 is 0 Å². The van der Waals surface area contributed by atoms with Crippen molar-refractivity contribution < 1.29 is 0 Å². The molecule has 0 rings (SSSR count). The minimum atomic E-state index is -2.89. The zero-order chi connectivity index (χ0) is 13.7. The van der Waals surface area contributed by atoms with Crippen LogP contribution < -0.4 is 0 Å². The van der Waals surface area contributed by atoms with Gasteiger partial charge in [0.15, 0.2) is 6.90 Å². The highest BCUT2D eigenvalue weighted by atomic mass is 35.9. The molecule has 0 nitrogen and oxygen atoms in total. The Morgan fingerprint density at radius 2 is 1.00 bits per heavy atom. The van der Waals surface area contributed by atoms with Gasteiger partial charge in [-0.3, -0.25) is 0 Å². The Hall–Kier alpha value is 2.10. The predicted molar refractivity (Wildman–Crippen MR) is 91.8 cm³/mol. The molecule has 0 aliphatic rings. The lowest BCUT2D eigenvalue weighted by Crippen LogP contribution is -2.66. The first-order chi connectivity index (χ1) is 7.68. The summed E-state index contributed by atoms with van der Waals surface area (Å²) in [6, 6.07) is 2.82. The van der Waals surface area contributed by atoms with Crippen LogP contribution in [0.3, 0.4) is 0 Å². The molecule has 0 aliphatic carbocycles. The molecule has 17 heavy (non-hydrogen) atoms. The Kier molecular flexibility index (Phi) is 8.73. The summed E-state index contributed by atoms with van der Waals surface area (Å²) >= 11 is 32.8. The minimum absolute atomic E-state index is 0.854. The topological polar surface area (TPSA) is 0 Å². The minimum Gasteiger partial charge on any atom is -0.169 e. The Balaban J connectivity index is 5.36. The fourth-order valence-electron chi connectivity index (χ4n) is 2.28. The summed E-state index contributed by atoms with van der Waals surface area (Å²) in [4.78, 5) is 0. The quantitative estimate of drug-likeness (QED) is 0.332. The third kappa shape index (κ3) is 4.55. The van der Waals surface area contributed by atoms with Gasteiger partial charge in [0, 0.05) is 0 Å². The van der Waals surface area contributed by atoms with Gasteiger partial charge in [-0.1, -0.05) is 40.0 Å². The first kappa shape index (κ1) is 19.1. The van der Waals surface area contributed by atoms with E-state index in [0.717, 1.165) is 37.4 Å². The molecule has 0 aromatic rings. The molecule has 0 bridgehead atoms. The fraction of sp³-hybridized carbons (Fsp3) is 1.00. The van der Waals surface area contributed by atoms with Gasteiger partial charge in [0.1, 0.15) is 0 Å². The average Bonchev–Trinajstić information content (AvgIpc) is 2.16. The van der Waals surface area contributed by atoms with Crippen LogP contribution in [0.1, 0.15) is 40.0 Å². The van der Waals surface area contributed by atoms with Gasteiger partial charge in [0.25, 0.3) is 0 Å². The second kappa shape index (κ2) is 7.77. The summed E-state index contributed by atoms with van der Waals surface area (Å²) < 4.78 is 0. The monoisotopic (exact) mass is 388 g/mol. The van der Waals surface area contributed by atoms with Crippen molar-refractivity contribution in [3.8, 4) is 0 Å². The van der Waals surface area contributed by atoms with Gasteiger partial charge in [-0.2, -0.15) is 22.2 Å². The zero-order valence-electron chi connectivity index (χ0n) is 10.6. The predicted octanol–water partition coefficient (Wildman–Crippen LogP) is 6.40. The van der Waals surface area contributed by atoms with Crippen LogP contribution in [-0.2, 0) is 0 Å². The van der Waals surface area contributed by atoms with Crippen LogP contribution in [0.5, 0.6) is 0 Å². The molecule has 1 unspecified atom stereocenters. The van der Waals surface area contributed by atoms with Crippen molar-refractivity contribution in [1.29, 1.82) is 0 Å². The van der Waals surface area contributed by atoms with Gasteiger partial charge in [0.05, 0.1) is 0 Å². The Morgan fingerprint density at radius 3 is 1.24 bits per heavy atom. The molecule has 8 heteroatoms. The number of hydrogen-bond acceptors (Lipinski definition) is 0. The van der Waals surface area contributed by atoms with E-state index < -0.39 is 18.8 Å². The molecule has 0 spiro atoms. The standard InChI is InChI=1S/C9H21Cl5Si3/c1-4-7-15(10,8-5-2)16(11,9-6-3)17(12,13)14/h4-9H2,1-3H3. The summed E-state index contributed by atoms with van der Waals surface area (Å²) in [7, 11) is 0. The third-order valence-electron chi connectivity index (χ3n) is 3.05. The Morgan fingerprint density at radius 1 is 0.647 bits per heavy atom. The lowest BCUT2D eigenvalue weighted by atomic mass is 10.6. The molecule has 0 fully saturated rings. The van der Waals surface area contributed by atoms with E-state index in [9.17, 15) is 0 Å². The summed E-state index contributed by atoms with van der Waals surface area (Å²) in [5.41, 5.74) is -2.89. The maximum atomic E-state index is 6.96. The lowest BCUT2D eigenvalue weighted by molar-refractivity contribution is 1.00. The van der Waals surface area contributed by atoms with Gasteiger partial charge in [-0.25, -0.2) is 0 Å². The van der Waals surface area contributed by atoms with Crippen molar-refractivity contribution in [2.45, 2.75) is 58.2 Å². The van der Waals surface area contributed by atoms with Crippen LogP contribution in [0.4, 0.5) is 0 Å². The summed E-state index contributed by atoms with van der Waals surface area (Å²) in [5, 5.41) is 0. The van der Waals surface area contributed by atoms with Crippen LogP contribution in [-0.4, -0.2) is 18.8 Å². The van der Waals surface area contributed by atoms with Gasteiger partial charge in [0.2, 0.25) is 6.42 Å². The summed E-state index contributed by atoms with van der Waals surface area (Å²) in [6.45, 7) is 4.25. The Bertz CT molecular complexity index is 227. The van der Waals surface area contributed by atoms with Crippen LogP contribution >= 0.6 is 55.4 Å². The summed E-state index contributed by atoms with van der Waals surface area (Å²) in [6.07, 6.45) is 0.604. The van der Waals surface area contributed by atoms with Crippen LogP contribution in [0.15, 0.2) is 0 Å². The third-order valence-corrected chi connectivity index (χ3v) is 55.1. The molecule has 0 saturated heterocycles. The van der Waals surface area contributed by atoms with E-state index in [0.29, 0.717) is 0 Å². The highest BCUT2D eigenvalue weighted by molar-refractivity contribution is 8.09. The summed E-state index contributed by atoms with van der Waals surface area (Å²) in [5.74, 6) is 0. The van der Waals surface area contributed by atoms with Gasteiger partial charge < -0.3 is 0 Å². The van der Waals surface area contributed by atoms with E-state index in [-0.39, 0.29) is 0 Å². The molecule has 0 aliphatic heterocycles. The lowest BCUT2D eigenvalue weighted by Gasteiger charge is -2.41. The van der Waals surface area contributed by atoms with Gasteiger partial charge in [-0.05, 0) is 18.1 Å². The largest absolute Gasteiger partial charge is 0.340 e. The van der Waals surface area contributed by atoms with Crippen LogP contribution in [0.25, 0.3) is 0 Å². The molecule has 0 saturated carbocycles. The van der Waals surface area contributed by atoms with Crippen molar-refractivity contribution in [3.63, 3.8) is 0 Å². The van der Waals surface area contributed by atoms with Crippen molar-refractivity contribution in [2.75, 3.05) is 0 Å². The van der Waals surface area contributed by atoms with E-state index in [1.165, 1.54) is 0 Å². The smallest absolute Gasteiger partial charge is 0.169 e. The van der Waals surface area contributed by atoms with E-state index in [2.05, 4.69) is 20.8 Å². The van der Waals surface area contributed by atoms with Crippen molar-refractivity contribution in [3.05, 3.63) is 0 Å². The second-order valence-corrected chi connectivity index (χ2v) is 38.9. The molecular formula is C9H21Cl5Si3. The van der Waals surface area contributed by atoms with Gasteiger partial charge >= 0.3 is 5.52 Å². The number of hydrogen-bond donors (Lipinski definition) is 0. The maximum absolute atomic E-state index is 6.96. The SMILES string of the molecule is CCC[Si](Cl)(CCC)[Si](Cl)(CCC)[Si](Cl)(Cl)Cl. The molecule has 0 heterocycles. The van der Waals surface area contributed by atoms with E-state index in [1.54, 1.807) is 0 Å². The van der Waals surface area contributed by atoms with Gasteiger partial charge in [-0.15, -0.1) is 33.2 Å². The molecule has 0 amide bonds. The Labute approximate surface area is 131 Å². The first-order valence-electron chi connectivity index (χ1n) is 6.13. The molecule has 0 radical (unpaired) electrons. The number of halogens is 5. The molecular weight excluding hydrogens is 370 g/mol.